The molecule has 1 aliphatic rings. The number of amides is 2. The van der Waals surface area contributed by atoms with E-state index in [0.717, 1.165) is 18.5 Å². The minimum atomic E-state index is -0.840. The molecule has 2 N–H and O–H groups in total. The molecule has 5 heteroatoms. The zero-order valence-electron chi connectivity index (χ0n) is 13.4. The Morgan fingerprint density at radius 1 is 1.27 bits per heavy atom. The monoisotopic (exact) mass is 304 g/mol. The van der Waals surface area contributed by atoms with Crippen molar-refractivity contribution in [3.8, 4) is 0 Å². The predicted octanol–water partition coefficient (Wildman–Crippen LogP) is 3.45. The lowest BCUT2D eigenvalue weighted by Crippen LogP contribution is -2.36. The number of rotatable bonds is 3. The van der Waals surface area contributed by atoms with Crippen LogP contribution in [0.1, 0.15) is 43.7 Å². The van der Waals surface area contributed by atoms with Crippen LogP contribution in [0, 0.1) is 12.8 Å². The number of hydrogen-bond donors (Lipinski definition) is 2. The van der Waals surface area contributed by atoms with Gasteiger partial charge in [0, 0.05) is 24.7 Å². The summed E-state index contributed by atoms with van der Waals surface area (Å²) in [6, 6.07) is 5.98. The third-order valence-corrected chi connectivity index (χ3v) is 4.28. The van der Waals surface area contributed by atoms with Gasteiger partial charge in [-0.25, -0.2) is 4.79 Å². The number of carbonyl (C=O) groups is 2. The Hall–Kier alpha value is -2.04. The molecule has 0 atom stereocenters. The third kappa shape index (κ3) is 3.78. The van der Waals surface area contributed by atoms with Crippen molar-refractivity contribution >= 4 is 17.7 Å². The van der Waals surface area contributed by atoms with Gasteiger partial charge in [0.25, 0.3) is 0 Å². The molecule has 0 aromatic heterocycles. The smallest absolute Gasteiger partial charge is 0.407 e. The number of nitrogens with one attached hydrogen (secondary N) is 1. The van der Waals surface area contributed by atoms with Gasteiger partial charge < -0.3 is 15.3 Å². The standard InChI is InChI=1S/C17H24N2O3/c1-11(2)16(20)18-14-5-4-12(3)15(10-14)13-6-8-19(9-7-13)17(21)22/h4-5,10-11,13H,6-9H2,1-3H3,(H,18,20)(H,21,22). The van der Waals surface area contributed by atoms with Crippen LogP contribution >= 0.6 is 0 Å². The first kappa shape index (κ1) is 16.3. The Morgan fingerprint density at radius 3 is 2.45 bits per heavy atom. The van der Waals surface area contributed by atoms with Gasteiger partial charge in [0.05, 0.1) is 0 Å². The molecule has 1 heterocycles. The molecule has 2 rings (SSSR count). The van der Waals surface area contributed by atoms with Crippen LogP contribution in [0.3, 0.4) is 0 Å². The molecule has 120 valence electrons. The van der Waals surface area contributed by atoms with Gasteiger partial charge in [0.15, 0.2) is 0 Å². The summed E-state index contributed by atoms with van der Waals surface area (Å²) in [4.78, 5) is 24.3. The molecule has 0 aliphatic carbocycles. The van der Waals surface area contributed by atoms with Crippen LogP contribution in [-0.2, 0) is 4.79 Å². The van der Waals surface area contributed by atoms with Crippen LogP contribution in [0.25, 0.3) is 0 Å². The molecule has 0 radical (unpaired) electrons. The Kier molecular flexibility index (Phi) is 5.06. The Bertz CT molecular complexity index is 561. The van der Waals surface area contributed by atoms with E-state index >= 15 is 0 Å². The number of carbonyl (C=O) groups excluding carboxylic acids is 1. The van der Waals surface area contributed by atoms with Crippen molar-refractivity contribution in [2.75, 3.05) is 18.4 Å². The summed E-state index contributed by atoms with van der Waals surface area (Å²) in [5.74, 6) is 0.311. The van der Waals surface area contributed by atoms with Gasteiger partial charge in [-0.15, -0.1) is 0 Å². The number of anilines is 1. The topological polar surface area (TPSA) is 69.6 Å². The van der Waals surface area contributed by atoms with E-state index in [2.05, 4.69) is 12.2 Å². The van der Waals surface area contributed by atoms with Gasteiger partial charge in [-0.2, -0.15) is 0 Å². The highest BCUT2D eigenvalue weighted by atomic mass is 16.4. The second-order valence-corrected chi connectivity index (χ2v) is 6.26. The van der Waals surface area contributed by atoms with Crippen LogP contribution in [0.5, 0.6) is 0 Å². The SMILES string of the molecule is Cc1ccc(NC(=O)C(C)C)cc1C1CCN(C(=O)O)CC1. The molecule has 0 saturated carbocycles. The van der Waals surface area contributed by atoms with Crippen molar-refractivity contribution in [1.29, 1.82) is 0 Å². The summed E-state index contributed by atoms with van der Waals surface area (Å²) in [6.45, 7) is 6.94. The van der Waals surface area contributed by atoms with Crippen LogP contribution < -0.4 is 5.32 Å². The number of benzene rings is 1. The molecular formula is C17H24N2O3. The Labute approximate surface area is 131 Å². The predicted molar refractivity (Wildman–Crippen MR) is 86.2 cm³/mol. The fourth-order valence-corrected chi connectivity index (χ4v) is 2.83. The summed E-state index contributed by atoms with van der Waals surface area (Å²) in [5.41, 5.74) is 3.22. The van der Waals surface area contributed by atoms with Crippen LogP contribution in [-0.4, -0.2) is 35.1 Å². The minimum Gasteiger partial charge on any atom is -0.465 e. The van der Waals surface area contributed by atoms with E-state index < -0.39 is 6.09 Å². The summed E-state index contributed by atoms with van der Waals surface area (Å²) in [5, 5.41) is 12.0. The van der Waals surface area contributed by atoms with E-state index in [-0.39, 0.29) is 11.8 Å². The first-order valence-corrected chi connectivity index (χ1v) is 7.77. The average molecular weight is 304 g/mol. The van der Waals surface area contributed by atoms with Gasteiger partial charge in [0.1, 0.15) is 0 Å². The normalized spacial score (nSPS) is 15.9. The van der Waals surface area contributed by atoms with E-state index in [9.17, 15) is 9.59 Å². The molecule has 0 bridgehead atoms. The molecular weight excluding hydrogens is 280 g/mol. The van der Waals surface area contributed by atoms with Gasteiger partial charge in [0.2, 0.25) is 5.91 Å². The molecule has 1 fully saturated rings. The fraction of sp³-hybridized carbons (Fsp3) is 0.529. The lowest BCUT2D eigenvalue weighted by Gasteiger charge is -2.31. The van der Waals surface area contributed by atoms with Crippen molar-refractivity contribution in [1.82, 2.24) is 4.90 Å². The summed E-state index contributed by atoms with van der Waals surface area (Å²) < 4.78 is 0. The minimum absolute atomic E-state index is 0.00972. The first-order chi connectivity index (χ1) is 10.4. The van der Waals surface area contributed by atoms with Crippen molar-refractivity contribution in [3.05, 3.63) is 29.3 Å². The number of carboxylic acid groups (broad SMARTS) is 1. The van der Waals surface area contributed by atoms with Crippen molar-refractivity contribution in [2.45, 2.75) is 39.5 Å². The second-order valence-electron chi connectivity index (χ2n) is 6.26. The van der Waals surface area contributed by atoms with Gasteiger partial charge in [-0.05, 0) is 48.9 Å². The second kappa shape index (κ2) is 6.81. The number of aryl methyl sites for hydroxylation is 1. The van der Waals surface area contributed by atoms with Crippen molar-refractivity contribution in [3.63, 3.8) is 0 Å². The lowest BCUT2D eigenvalue weighted by molar-refractivity contribution is -0.118. The Morgan fingerprint density at radius 2 is 1.91 bits per heavy atom. The van der Waals surface area contributed by atoms with Gasteiger partial charge >= 0.3 is 6.09 Å². The molecule has 0 unspecified atom stereocenters. The maximum atomic E-state index is 11.8. The fourth-order valence-electron chi connectivity index (χ4n) is 2.83. The number of nitrogens with zero attached hydrogens (tertiary/aromatic N) is 1. The molecule has 5 nitrogen and oxygen atoms in total. The molecule has 2 amide bonds. The van der Waals surface area contributed by atoms with Gasteiger partial charge in [-0.3, -0.25) is 4.79 Å². The van der Waals surface area contributed by atoms with E-state index in [1.54, 1.807) is 0 Å². The Balaban J connectivity index is 2.11. The molecule has 1 aromatic rings. The third-order valence-electron chi connectivity index (χ3n) is 4.28. The largest absolute Gasteiger partial charge is 0.465 e. The highest BCUT2D eigenvalue weighted by molar-refractivity contribution is 5.92. The zero-order chi connectivity index (χ0) is 16.3. The average Bonchev–Trinajstić information content (AvgIpc) is 2.49. The van der Waals surface area contributed by atoms with Crippen molar-refractivity contribution in [2.24, 2.45) is 5.92 Å². The molecule has 1 aliphatic heterocycles. The van der Waals surface area contributed by atoms with E-state index in [4.69, 9.17) is 5.11 Å². The zero-order valence-corrected chi connectivity index (χ0v) is 13.4. The number of hydrogen-bond acceptors (Lipinski definition) is 2. The van der Waals surface area contributed by atoms with E-state index in [1.807, 2.05) is 32.0 Å². The molecule has 22 heavy (non-hydrogen) atoms. The van der Waals surface area contributed by atoms with Crippen LogP contribution in [0.2, 0.25) is 0 Å². The quantitative estimate of drug-likeness (QED) is 0.898. The van der Waals surface area contributed by atoms with Gasteiger partial charge in [-0.1, -0.05) is 19.9 Å². The maximum absolute atomic E-state index is 11.8. The maximum Gasteiger partial charge on any atom is 0.407 e. The lowest BCUT2D eigenvalue weighted by atomic mass is 9.86. The first-order valence-electron chi connectivity index (χ1n) is 7.77. The van der Waals surface area contributed by atoms with E-state index in [1.165, 1.54) is 16.0 Å². The van der Waals surface area contributed by atoms with Crippen LogP contribution in [0.15, 0.2) is 18.2 Å². The highest BCUT2D eigenvalue weighted by Gasteiger charge is 2.24. The van der Waals surface area contributed by atoms with Crippen LogP contribution in [0.4, 0.5) is 10.5 Å². The highest BCUT2D eigenvalue weighted by Crippen LogP contribution is 2.32. The number of likely N-dealkylation sites (tertiary alicyclic amines) is 1. The van der Waals surface area contributed by atoms with Crippen molar-refractivity contribution < 1.29 is 14.7 Å². The molecule has 1 saturated heterocycles. The molecule has 0 spiro atoms. The summed E-state index contributed by atoms with van der Waals surface area (Å²) in [6.07, 6.45) is 0.816. The van der Waals surface area contributed by atoms with E-state index in [0.29, 0.717) is 19.0 Å². The molecule has 1 aromatic carbocycles. The summed E-state index contributed by atoms with van der Waals surface area (Å²) >= 11 is 0. The number of piperidine rings is 1. The summed E-state index contributed by atoms with van der Waals surface area (Å²) in [7, 11) is 0.